The predicted octanol–water partition coefficient (Wildman–Crippen LogP) is 4.49. The zero-order valence-electron chi connectivity index (χ0n) is 12.2. The molecule has 0 N–H and O–H groups in total. The standard InChI is InChI=1S/C15H15Cl3N2O2S/c16-15(17,18)23-20-12-9-5-4-8-11(12)13(21)19(14(20)22)10-6-2-1-3-7-10/h4-5,8-10H,1-3,6-7H2. The summed E-state index contributed by atoms with van der Waals surface area (Å²) in [7, 11) is 0. The van der Waals surface area contributed by atoms with E-state index in [2.05, 4.69) is 0 Å². The van der Waals surface area contributed by atoms with Crippen LogP contribution in [0.2, 0.25) is 0 Å². The number of para-hydroxylation sites is 1. The lowest BCUT2D eigenvalue weighted by molar-refractivity contribution is 0.337. The van der Waals surface area contributed by atoms with Crippen molar-refractivity contribution in [3.8, 4) is 0 Å². The second kappa shape index (κ2) is 6.71. The average Bonchev–Trinajstić information content (AvgIpc) is 2.52. The zero-order valence-corrected chi connectivity index (χ0v) is 15.3. The SMILES string of the molecule is O=c1c2ccccc2n(SC(Cl)(Cl)Cl)c(=O)n1C1CCCCC1. The van der Waals surface area contributed by atoms with Gasteiger partial charge < -0.3 is 0 Å². The smallest absolute Gasteiger partial charge is 0.268 e. The summed E-state index contributed by atoms with van der Waals surface area (Å²) in [5.74, 6) is 0. The molecule has 3 rings (SSSR count). The minimum absolute atomic E-state index is 0.0874. The van der Waals surface area contributed by atoms with Crippen LogP contribution in [0.4, 0.5) is 0 Å². The van der Waals surface area contributed by atoms with Gasteiger partial charge in [0, 0.05) is 18.0 Å². The van der Waals surface area contributed by atoms with E-state index < -0.39 is 8.81 Å². The van der Waals surface area contributed by atoms with Crippen molar-refractivity contribution in [3.05, 3.63) is 45.1 Å². The zero-order chi connectivity index (χ0) is 16.6. The molecule has 1 fully saturated rings. The van der Waals surface area contributed by atoms with E-state index in [0.29, 0.717) is 10.9 Å². The van der Waals surface area contributed by atoms with Crippen molar-refractivity contribution in [1.82, 2.24) is 8.54 Å². The fraction of sp³-hybridized carbons (Fsp3) is 0.467. The number of rotatable bonds is 2. The van der Waals surface area contributed by atoms with Crippen molar-refractivity contribution in [3.63, 3.8) is 0 Å². The highest BCUT2D eigenvalue weighted by Crippen LogP contribution is 2.40. The first kappa shape index (κ1) is 17.2. The van der Waals surface area contributed by atoms with Crippen LogP contribution in [0.25, 0.3) is 10.9 Å². The molecule has 0 atom stereocenters. The molecule has 8 heteroatoms. The summed E-state index contributed by atoms with van der Waals surface area (Å²) in [6, 6.07) is 6.82. The van der Waals surface area contributed by atoms with Gasteiger partial charge in [0.2, 0.25) is 0 Å². The molecule has 0 spiro atoms. The minimum atomic E-state index is -1.69. The van der Waals surface area contributed by atoms with E-state index >= 15 is 0 Å². The van der Waals surface area contributed by atoms with Crippen LogP contribution in [-0.2, 0) is 0 Å². The van der Waals surface area contributed by atoms with Gasteiger partial charge in [0.15, 0.2) is 0 Å². The number of alkyl halides is 3. The molecule has 23 heavy (non-hydrogen) atoms. The quantitative estimate of drug-likeness (QED) is 0.706. The van der Waals surface area contributed by atoms with E-state index in [1.807, 2.05) is 0 Å². The molecule has 1 heterocycles. The molecule has 0 radical (unpaired) electrons. The van der Waals surface area contributed by atoms with E-state index in [4.69, 9.17) is 34.8 Å². The number of halogens is 3. The van der Waals surface area contributed by atoms with Crippen LogP contribution in [-0.4, -0.2) is 11.7 Å². The molecule has 0 unspecified atom stereocenters. The molecule has 1 aliphatic carbocycles. The summed E-state index contributed by atoms with van der Waals surface area (Å²) in [4.78, 5) is 25.7. The molecular formula is C15H15Cl3N2O2S. The molecule has 124 valence electrons. The topological polar surface area (TPSA) is 44.0 Å². The van der Waals surface area contributed by atoms with Gasteiger partial charge in [-0.05, 0) is 25.0 Å². The van der Waals surface area contributed by atoms with Gasteiger partial charge in [0.25, 0.3) is 8.68 Å². The molecule has 0 aliphatic heterocycles. The highest BCUT2D eigenvalue weighted by molar-refractivity contribution is 8.03. The summed E-state index contributed by atoms with van der Waals surface area (Å²) in [5, 5.41) is 0.458. The third-order valence-corrected chi connectivity index (χ3v) is 5.45. The molecule has 1 aromatic carbocycles. The Morgan fingerprint density at radius 1 is 1.04 bits per heavy atom. The number of aromatic nitrogens is 2. The summed E-state index contributed by atoms with van der Waals surface area (Å²) in [6.45, 7) is 0. The first-order valence-electron chi connectivity index (χ1n) is 7.41. The maximum Gasteiger partial charge on any atom is 0.342 e. The van der Waals surface area contributed by atoms with E-state index in [1.165, 1.54) is 8.54 Å². The Bertz CT molecular complexity index is 835. The van der Waals surface area contributed by atoms with E-state index in [-0.39, 0.29) is 11.6 Å². The highest BCUT2D eigenvalue weighted by Gasteiger charge is 2.27. The third kappa shape index (κ3) is 3.58. The first-order chi connectivity index (χ1) is 10.9. The van der Waals surface area contributed by atoms with Gasteiger partial charge in [0.05, 0.1) is 10.9 Å². The number of nitrogens with zero attached hydrogens (tertiary/aromatic N) is 2. The average molecular weight is 394 g/mol. The molecule has 0 amide bonds. The molecule has 1 saturated carbocycles. The Labute approximate surface area is 152 Å². The van der Waals surface area contributed by atoms with Gasteiger partial charge in [0.1, 0.15) is 0 Å². The number of fused-ring (bicyclic) bond motifs is 1. The monoisotopic (exact) mass is 392 g/mol. The molecule has 0 saturated heterocycles. The summed E-state index contributed by atoms with van der Waals surface area (Å²) >= 11 is 18.4. The van der Waals surface area contributed by atoms with Crippen LogP contribution >= 0.6 is 46.8 Å². The summed E-state index contributed by atoms with van der Waals surface area (Å²) in [5.41, 5.74) is -0.235. The van der Waals surface area contributed by atoms with Crippen molar-refractivity contribution in [1.29, 1.82) is 0 Å². The van der Waals surface area contributed by atoms with Crippen LogP contribution < -0.4 is 11.2 Å². The fourth-order valence-corrected chi connectivity index (χ4v) is 4.35. The van der Waals surface area contributed by atoms with E-state index in [0.717, 1.165) is 44.1 Å². The Hall–Kier alpha value is -0.620. The van der Waals surface area contributed by atoms with Crippen LogP contribution in [0.5, 0.6) is 0 Å². The van der Waals surface area contributed by atoms with Gasteiger partial charge >= 0.3 is 5.69 Å². The van der Waals surface area contributed by atoms with E-state index in [9.17, 15) is 9.59 Å². The van der Waals surface area contributed by atoms with Crippen molar-refractivity contribution in [2.45, 2.75) is 41.3 Å². The third-order valence-electron chi connectivity index (χ3n) is 4.09. The second-order valence-corrected chi connectivity index (χ2v) is 9.71. The fourth-order valence-electron chi connectivity index (χ4n) is 3.10. The lowest BCUT2D eigenvalue weighted by atomic mass is 9.95. The molecule has 1 aromatic heterocycles. The van der Waals surface area contributed by atoms with Gasteiger partial charge in [-0.3, -0.25) is 9.36 Å². The minimum Gasteiger partial charge on any atom is -0.268 e. The molecule has 0 bridgehead atoms. The van der Waals surface area contributed by atoms with Crippen LogP contribution in [0.3, 0.4) is 0 Å². The number of hydrogen-bond donors (Lipinski definition) is 0. The Morgan fingerprint density at radius 2 is 1.70 bits per heavy atom. The second-order valence-electron chi connectivity index (χ2n) is 5.60. The van der Waals surface area contributed by atoms with Crippen molar-refractivity contribution in [2.75, 3.05) is 0 Å². The van der Waals surface area contributed by atoms with Crippen LogP contribution in [0.1, 0.15) is 38.1 Å². The van der Waals surface area contributed by atoms with Crippen molar-refractivity contribution >= 4 is 57.7 Å². The van der Waals surface area contributed by atoms with Gasteiger partial charge in [-0.15, -0.1) is 0 Å². The summed E-state index contributed by atoms with van der Waals surface area (Å²) < 4.78 is 0.963. The Kier molecular flexibility index (Phi) is 5.02. The molecule has 1 aliphatic rings. The van der Waals surface area contributed by atoms with Crippen LogP contribution in [0, 0.1) is 0 Å². The highest BCUT2D eigenvalue weighted by atomic mass is 35.6. The normalized spacial score (nSPS) is 16.8. The van der Waals surface area contributed by atoms with Gasteiger partial charge in [-0.2, -0.15) is 0 Å². The molecule has 4 nitrogen and oxygen atoms in total. The summed E-state index contributed by atoms with van der Waals surface area (Å²) in [6.07, 6.45) is 4.82. The van der Waals surface area contributed by atoms with Crippen molar-refractivity contribution in [2.24, 2.45) is 0 Å². The predicted molar refractivity (Wildman–Crippen MR) is 97.9 cm³/mol. The first-order valence-corrected chi connectivity index (χ1v) is 9.32. The Morgan fingerprint density at radius 3 is 2.35 bits per heavy atom. The lowest BCUT2D eigenvalue weighted by Gasteiger charge is -2.25. The maximum absolute atomic E-state index is 12.9. The number of benzene rings is 1. The van der Waals surface area contributed by atoms with Gasteiger partial charge in [-0.1, -0.05) is 66.2 Å². The Balaban J connectivity index is 2.28. The number of hydrogen-bond acceptors (Lipinski definition) is 3. The largest absolute Gasteiger partial charge is 0.342 e. The van der Waals surface area contributed by atoms with Crippen molar-refractivity contribution < 1.29 is 0 Å². The molecular weight excluding hydrogens is 379 g/mol. The molecule has 2 aromatic rings. The lowest BCUT2D eigenvalue weighted by Crippen LogP contribution is -2.42. The maximum atomic E-state index is 12.9. The van der Waals surface area contributed by atoms with E-state index in [1.54, 1.807) is 24.3 Å². The van der Waals surface area contributed by atoms with Gasteiger partial charge in [-0.25, -0.2) is 8.77 Å². The van der Waals surface area contributed by atoms with Crippen LogP contribution in [0.15, 0.2) is 33.9 Å².